The Hall–Kier alpha value is -0.0800. The molecule has 0 amide bonds. The highest BCUT2D eigenvalue weighted by molar-refractivity contribution is 4.79. The van der Waals surface area contributed by atoms with Crippen molar-refractivity contribution in [3.63, 3.8) is 0 Å². The zero-order valence-corrected chi connectivity index (χ0v) is 12.5. The Kier molecular flexibility index (Phi) is 5.46. The fourth-order valence-corrected chi connectivity index (χ4v) is 2.91. The van der Waals surface area contributed by atoms with Crippen LogP contribution in [-0.4, -0.2) is 30.1 Å². The number of hydrogen-bond acceptors (Lipinski definition) is 2. The Bertz CT molecular complexity index is 219. The Labute approximate surface area is 108 Å². The summed E-state index contributed by atoms with van der Waals surface area (Å²) in [5.41, 5.74) is 6.59. The first-order chi connectivity index (χ1) is 7.78. The average Bonchev–Trinajstić information content (AvgIpc) is 2.17. The summed E-state index contributed by atoms with van der Waals surface area (Å²) in [6, 6.07) is 1.12. The molecule has 102 valence electrons. The molecule has 1 aliphatic rings. The van der Waals surface area contributed by atoms with Crippen LogP contribution in [0.4, 0.5) is 0 Å². The lowest BCUT2D eigenvalue weighted by Gasteiger charge is -2.37. The molecule has 0 aromatic carbocycles. The van der Waals surface area contributed by atoms with E-state index in [9.17, 15) is 0 Å². The summed E-state index contributed by atoms with van der Waals surface area (Å²) < 4.78 is 0. The van der Waals surface area contributed by atoms with Gasteiger partial charge in [-0.05, 0) is 50.5 Å². The van der Waals surface area contributed by atoms with E-state index in [0.29, 0.717) is 11.5 Å². The van der Waals surface area contributed by atoms with Gasteiger partial charge in [-0.15, -0.1) is 0 Å². The molecule has 2 nitrogen and oxygen atoms in total. The Balaban J connectivity index is 2.29. The second kappa shape index (κ2) is 6.19. The van der Waals surface area contributed by atoms with E-state index >= 15 is 0 Å². The Morgan fingerprint density at radius 3 is 2.47 bits per heavy atom. The maximum Gasteiger partial charge on any atom is 0.00671 e. The third-order valence-electron chi connectivity index (χ3n) is 3.91. The number of nitrogens with two attached hydrogens (primary N) is 1. The molecule has 1 fully saturated rings. The van der Waals surface area contributed by atoms with Crippen LogP contribution in [0.1, 0.15) is 60.3 Å². The lowest BCUT2D eigenvalue weighted by molar-refractivity contribution is 0.119. The van der Waals surface area contributed by atoms with Gasteiger partial charge in [0.2, 0.25) is 0 Å². The number of rotatable bonds is 4. The van der Waals surface area contributed by atoms with E-state index in [-0.39, 0.29) is 0 Å². The van der Waals surface area contributed by atoms with Gasteiger partial charge >= 0.3 is 0 Å². The van der Waals surface area contributed by atoms with E-state index in [2.05, 4.69) is 39.5 Å². The molecule has 2 heteroatoms. The Morgan fingerprint density at radius 2 is 1.88 bits per heavy atom. The number of hydrogen-bond donors (Lipinski definition) is 1. The van der Waals surface area contributed by atoms with E-state index in [1.54, 1.807) is 0 Å². The van der Waals surface area contributed by atoms with Crippen LogP contribution >= 0.6 is 0 Å². The first-order valence-electron chi connectivity index (χ1n) is 7.27. The van der Waals surface area contributed by atoms with Crippen LogP contribution in [0.25, 0.3) is 0 Å². The van der Waals surface area contributed by atoms with Crippen LogP contribution in [-0.2, 0) is 0 Å². The van der Waals surface area contributed by atoms with Gasteiger partial charge in [-0.3, -0.25) is 0 Å². The molecule has 1 heterocycles. The van der Waals surface area contributed by atoms with Crippen LogP contribution in [0.3, 0.4) is 0 Å². The third-order valence-corrected chi connectivity index (χ3v) is 3.91. The lowest BCUT2D eigenvalue weighted by atomic mass is 9.87. The largest absolute Gasteiger partial charge is 0.328 e. The maximum absolute atomic E-state index is 6.23. The van der Waals surface area contributed by atoms with Crippen molar-refractivity contribution in [1.29, 1.82) is 0 Å². The molecule has 1 saturated heterocycles. The van der Waals surface area contributed by atoms with Crippen molar-refractivity contribution >= 4 is 0 Å². The Morgan fingerprint density at radius 1 is 1.24 bits per heavy atom. The van der Waals surface area contributed by atoms with Crippen LogP contribution in [0, 0.1) is 11.3 Å². The molecule has 3 atom stereocenters. The van der Waals surface area contributed by atoms with Crippen LogP contribution in [0.2, 0.25) is 0 Å². The minimum atomic E-state index is 0.361. The number of nitrogens with zero attached hydrogens (tertiary/aromatic N) is 1. The molecule has 0 spiro atoms. The molecule has 0 aromatic heterocycles. The minimum absolute atomic E-state index is 0.361. The zero-order valence-electron chi connectivity index (χ0n) is 12.5. The van der Waals surface area contributed by atoms with E-state index in [1.807, 2.05) is 0 Å². The zero-order chi connectivity index (χ0) is 13.1. The molecule has 0 aliphatic carbocycles. The molecule has 1 aliphatic heterocycles. The molecule has 17 heavy (non-hydrogen) atoms. The van der Waals surface area contributed by atoms with Gasteiger partial charge in [0.25, 0.3) is 0 Å². The van der Waals surface area contributed by atoms with Crippen LogP contribution in [0.5, 0.6) is 0 Å². The highest BCUT2D eigenvalue weighted by Gasteiger charge is 2.23. The van der Waals surface area contributed by atoms with Crippen molar-refractivity contribution in [3.8, 4) is 0 Å². The molecule has 0 radical (unpaired) electrons. The fourth-order valence-electron chi connectivity index (χ4n) is 2.91. The van der Waals surface area contributed by atoms with Gasteiger partial charge < -0.3 is 10.6 Å². The van der Waals surface area contributed by atoms with Crippen molar-refractivity contribution in [1.82, 2.24) is 4.90 Å². The maximum atomic E-state index is 6.23. The number of piperidine rings is 1. The van der Waals surface area contributed by atoms with E-state index in [0.717, 1.165) is 24.8 Å². The highest BCUT2D eigenvalue weighted by atomic mass is 15.2. The normalized spacial score (nSPS) is 29.3. The van der Waals surface area contributed by atoms with Crippen molar-refractivity contribution in [3.05, 3.63) is 0 Å². The predicted molar refractivity (Wildman–Crippen MR) is 76.1 cm³/mol. The summed E-state index contributed by atoms with van der Waals surface area (Å²) in [7, 11) is 0. The standard InChI is InChI=1S/C15H32N2/c1-12-6-7-13(2)17(11-12)9-8-14(16)10-15(3,4)5/h12-14H,6-11,16H2,1-5H3. The summed E-state index contributed by atoms with van der Waals surface area (Å²) >= 11 is 0. The molecular weight excluding hydrogens is 208 g/mol. The van der Waals surface area contributed by atoms with Gasteiger partial charge in [0, 0.05) is 18.6 Å². The third kappa shape index (κ3) is 5.87. The van der Waals surface area contributed by atoms with Gasteiger partial charge in [0.1, 0.15) is 0 Å². The minimum Gasteiger partial charge on any atom is -0.328 e. The quantitative estimate of drug-likeness (QED) is 0.817. The van der Waals surface area contributed by atoms with Gasteiger partial charge in [-0.1, -0.05) is 27.7 Å². The van der Waals surface area contributed by atoms with Crippen molar-refractivity contribution in [2.45, 2.75) is 72.4 Å². The van der Waals surface area contributed by atoms with E-state index in [4.69, 9.17) is 5.73 Å². The van der Waals surface area contributed by atoms with Crippen molar-refractivity contribution < 1.29 is 0 Å². The molecule has 0 bridgehead atoms. The fraction of sp³-hybridized carbons (Fsp3) is 1.00. The highest BCUT2D eigenvalue weighted by Crippen LogP contribution is 2.24. The summed E-state index contributed by atoms with van der Waals surface area (Å²) in [6.45, 7) is 14.0. The first kappa shape index (κ1) is 15.0. The SMILES string of the molecule is CC1CCC(C)N(CCC(N)CC(C)(C)C)C1. The average molecular weight is 240 g/mol. The summed E-state index contributed by atoms with van der Waals surface area (Å²) in [6.07, 6.45) is 5.03. The second-order valence-corrected chi connectivity index (χ2v) is 7.34. The summed E-state index contributed by atoms with van der Waals surface area (Å²) in [5, 5.41) is 0. The van der Waals surface area contributed by atoms with Crippen LogP contribution in [0.15, 0.2) is 0 Å². The smallest absolute Gasteiger partial charge is 0.00671 e. The number of likely N-dealkylation sites (tertiary alicyclic amines) is 1. The molecule has 3 unspecified atom stereocenters. The predicted octanol–water partition coefficient (Wildman–Crippen LogP) is 3.26. The molecular formula is C15H32N2. The monoisotopic (exact) mass is 240 g/mol. The van der Waals surface area contributed by atoms with Gasteiger partial charge in [0.15, 0.2) is 0 Å². The summed E-state index contributed by atoms with van der Waals surface area (Å²) in [4.78, 5) is 2.64. The van der Waals surface area contributed by atoms with Gasteiger partial charge in [-0.2, -0.15) is 0 Å². The summed E-state index contributed by atoms with van der Waals surface area (Å²) in [5.74, 6) is 0.866. The van der Waals surface area contributed by atoms with Gasteiger partial charge in [-0.25, -0.2) is 0 Å². The van der Waals surface area contributed by atoms with E-state index < -0.39 is 0 Å². The molecule has 2 N–H and O–H groups in total. The van der Waals surface area contributed by atoms with Crippen molar-refractivity contribution in [2.75, 3.05) is 13.1 Å². The van der Waals surface area contributed by atoms with Crippen LogP contribution < -0.4 is 5.73 Å². The molecule has 0 saturated carbocycles. The lowest BCUT2D eigenvalue weighted by Crippen LogP contribution is -2.43. The molecule has 1 rings (SSSR count). The van der Waals surface area contributed by atoms with Gasteiger partial charge in [0.05, 0.1) is 0 Å². The first-order valence-corrected chi connectivity index (χ1v) is 7.27. The molecule has 0 aromatic rings. The van der Waals surface area contributed by atoms with E-state index in [1.165, 1.54) is 25.9 Å². The second-order valence-electron chi connectivity index (χ2n) is 7.34. The van der Waals surface area contributed by atoms with Crippen molar-refractivity contribution in [2.24, 2.45) is 17.1 Å². The topological polar surface area (TPSA) is 29.3 Å².